The predicted octanol–water partition coefficient (Wildman–Crippen LogP) is 1.40. The molecule has 0 radical (unpaired) electrons. The lowest BCUT2D eigenvalue weighted by Crippen LogP contribution is -2.60. The van der Waals surface area contributed by atoms with Crippen molar-refractivity contribution in [2.75, 3.05) is 19.8 Å². The average molecular weight is 321 g/mol. The lowest BCUT2D eigenvalue weighted by molar-refractivity contribution is -0.131. The minimum absolute atomic E-state index is 0.0315. The van der Waals surface area contributed by atoms with E-state index in [-0.39, 0.29) is 24.0 Å². The highest BCUT2D eigenvalue weighted by Crippen LogP contribution is 2.55. The summed E-state index contributed by atoms with van der Waals surface area (Å²) in [5.41, 5.74) is 5.90. The fraction of sp³-hybridized carbons (Fsp3) is 0.882. The molecule has 5 fully saturated rings. The van der Waals surface area contributed by atoms with Gasteiger partial charge in [0.05, 0.1) is 6.61 Å². The van der Waals surface area contributed by atoms with Crippen LogP contribution >= 0.6 is 0 Å². The molecular formula is C17H27N3O3. The van der Waals surface area contributed by atoms with E-state index in [1.807, 2.05) is 0 Å². The molecule has 1 unspecified atom stereocenters. The van der Waals surface area contributed by atoms with Crippen LogP contribution in [-0.2, 0) is 14.4 Å². The van der Waals surface area contributed by atoms with Crippen molar-refractivity contribution in [3.8, 4) is 0 Å². The van der Waals surface area contributed by atoms with Gasteiger partial charge in [-0.25, -0.2) is 0 Å². The number of nitrogens with one attached hydrogen (secondary N) is 1. The largest absolute Gasteiger partial charge is 0.384 e. The fourth-order valence-corrected chi connectivity index (χ4v) is 5.60. The lowest BCUT2D eigenvalue weighted by Gasteiger charge is -2.56. The minimum Gasteiger partial charge on any atom is -0.384 e. The van der Waals surface area contributed by atoms with E-state index in [2.05, 4.69) is 10.5 Å². The molecule has 3 N–H and O–H groups in total. The van der Waals surface area contributed by atoms with Crippen LogP contribution in [0.25, 0.3) is 0 Å². The predicted molar refractivity (Wildman–Crippen MR) is 85.5 cm³/mol. The highest BCUT2D eigenvalue weighted by molar-refractivity contribution is 5.83. The van der Waals surface area contributed by atoms with Gasteiger partial charge >= 0.3 is 0 Å². The van der Waals surface area contributed by atoms with Gasteiger partial charge in [0.15, 0.2) is 6.61 Å². The molecule has 0 spiro atoms. The van der Waals surface area contributed by atoms with Crippen molar-refractivity contribution in [3.63, 3.8) is 0 Å². The van der Waals surface area contributed by atoms with Gasteiger partial charge in [-0.2, -0.15) is 0 Å². The van der Waals surface area contributed by atoms with E-state index in [4.69, 9.17) is 15.3 Å². The van der Waals surface area contributed by atoms with Gasteiger partial charge in [0, 0.05) is 18.1 Å². The maximum atomic E-state index is 12.3. The third-order valence-corrected chi connectivity index (χ3v) is 6.16. The quantitative estimate of drug-likeness (QED) is 0.455. The summed E-state index contributed by atoms with van der Waals surface area (Å²) >= 11 is 0. The van der Waals surface area contributed by atoms with E-state index in [1.54, 1.807) is 0 Å². The second-order valence-electron chi connectivity index (χ2n) is 8.10. The van der Waals surface area contributed by atoms with E-state index in [0.717, 1.165) is 43.4 Å². The molecule has 1 aliphatic heterocycles. The first-order chi connectivity index (χ1) is 11.1. The first-order valence-corrected chi connectivity index (χ1v) is 8.96. The minimum atomic E-state index is -0.0637. The Balaban J connectivity index is 1.28. The van der Waals surface area contributed by atoms with Crippen molar-refractivity contribution < 1.29 is 14.4 Å². The molecule has 0 aromatic carbocycles. The number of carbonyl (C=O) groups is 1. The van der Waals surface area contributed by atoms with Crippen LogP contribution in [0.5, 0.6) is 0 Å². The topological polar surface area (TPSA) is 85.9 Å². The second-order valence-corrected chi connectivity index (χ2v) is 8.10. The van der Waals surface area contributed by atoms with E-state index >= 15 is 0 Å². The Bertz CT molecular complexity index is 464. The van der Waals surface area contributed by atoms with Crippen LogP contribution in [-0.4, -0.2) is 37.1 Å². The normalized spacial score (nSPS) is 42.0. The first-order valence-electron chi connectivity index (χ1n) is 8.96. The summed E-state index contributed by atoms with van der Waals surface area (Å²) < 4.78 is 5.27. The summed E-state index contributed by atoms with van der Waals surface area (Å²) in [5.74, 6) is 2.95. The average Bonchev–Trinajstić information content (AvgIpc) is 2.99. The Morgan fingerprint density at radius 3 is 2.43 bits per heavy atom. The second kappa shape index (κ2) is 5.96. The lowest BCUT2D eigenvalue weighted by atomic mass is 9.53. The molecule has 6 heteroatoms. The van der Waals surface area contributed by atoms with Gasteiger partial charge in [0.2, 0.25) is 0 Å². The number of oxime groups is 1. The molecule has 1 saturated heterocycles. The molecule has 4 saturated carbocycles. The molecule has 6 nitrogen and oxygen atoms in total. The number of amides is 1. The van der Waals surface area contributed by atoms with Crippen LogP contribution < -0.4 is 11.1 Å². The molecule has 1 amide bonds. The number of rotatable bonds is 5. The maximum absolute atomic E-state index is 12.3. The smallest absolute Gasteiger partial charge is 0.261 e. The van der Waals surface area contributed by atoms with Crippen molar-refractivity contribution in [2.24, 2.45) is 34.6 Å². The summed E-state index contributed by atoms with van der Waals surface area (Å²) in [6, 6.07) is 0. The molecular weight excluding hydrogens is 294 g/mol. The zero-order valence-corrected chi connectivity index (χ0v) is 13.6. The maximum Gasteiger partial charge on any atom is 0.261 e. The number of nitrogens with two attached hydrogens (primary N) is 1. The summed E-state index contributed by atoms with van der Waals surface area (Å²) in [4.78, 5) is 17.4. The molecule has 5 rings (SSSR count). The Morgan fingerprint density at radius 2 is 1.87 bits per heavy atom. The van der Waals surface area contributed by atoms with E-state index in [0.29, 0.717) is 19.0 Å². The molecule has 128 valence electrons. The molecule has 4 aliphatic carbocycles. The number of ether oxygens (including phenoxy) is 1. The summed E-state index contributed by atoms with van der Waals surface area (Å²) in [6.07, 6.45) is 8.43. The van der Waals surface area contributed by atoms with Gasteiger partial charge < -0.3 is 20.6 Å². The van der Waals surface area contributed by atoms with Crippen LogP contribution in [0.15, 0.2) is 5.16 Å². The highest BCUT2D eigenvalue weighted by Gasteiger charge is 2.51. The zero-order valence-electron chi connectivity index (χ0n) is 13.6. The molecule has 5 aliphatic rings. The molecule has 0 aromatic heterocycles. The van der Waals surface area contributed by atoms with Crippen molar-refractivity contribution in [1.82, 2.24) is 5.32 Å². The van der Waals surface area contributed by atoms with Crippen LogP contribution in [0.1, 0.15) is 44.9 Å². The highest BCUT2D eigenvalue weighted by atomic mass is 16.6. The Hall–Kier alpha value is -1.30. The molecule has 23 heavy (non-hydrogen) atoms. The molecule has 1 atom stereocenters. The van der Waals surface area contributed by atoms with Crippen LogP contribution in [0.3, 0.4) is 0 Å². The molecule has 1 heterocycles. The summed E-state index contributed by atoms with van der Waals surface area (Å²) in [5, 5.41) is 7.16. The number of amidine groups is 1. The van der Waals surface area contributed by atoms with Gasteiger partial charge in [0.25, 0.3) is 5.91 Å². The Kier molecular flexibility index (Phi) is 3.95. The number of hydrogen-bond donors (Lipinski definition) is 2. The van der Waals surface area contributed by atoms with Crippen molar-refractivity contribution in [1.29, 1.82) is 0 Å². The van der Waals surface area contributed by atoms with E-state index in [1.165, 1.54) is 19.3 Å². The Morgan fingerprint density at radius 1 is 1.22 bits per heavy atom. The third-order valence-electron chi connectivity index (χ3n) is 6.16. The monoisotopic (exact) mass is 321 g/mol. The number of hydrogen-bond acceptors (Lipinski definition) is 4. The Labute approximate surface area is 137 Å². The zero-order chi connectivity index (χ0) is 15.9. The van der Waals surface area contributed by atoms with Crippen molar-refractivity contribution >= 4 is 11.7 Å². The van der Waals surface area contributed by atoms with Crippen LogP contribution in [0.4, 0.5) is 0 Å². The first kappa shape index (κ1) is 15.2. The van der Waals surface area contributed by atoms with Gasteiger partial charge in [-0.05, 0) is 62.7 Å². The van der Waals surface area contributed by atoms with E-state index < -0.39 is 0 Å². The third kappa shape index (κ3) is 3.18. The molecule has 0 aromatic rings. The molecule has 4 bridgehead atoms. The summed E-state index contributed by atoms with van der Waals surface area (Å²) in [6.45, 7) is 1.27. The van der Waals surface area contributed by atoms with E-state index in [9.17, 15) is 4.79 Å². The van der Waals surface area contributed by atoms with Crippen LogP contribution in [0.2, 0.25) is 0 Å². The van der Waals surface area contributed by atoms with Crippen molar-refractivity contribution in [2.45, 2.75) is 50.5 Å². The van der Waals surface area contributed by atoms with Crippen molar-refractivity contribution in [3.05, 3.63) is 0 Å². The number of nitrogens with zero attached hydrogens (tertiary/aromatic N) is 1. The van der Waals surface area contributed by atoms with Gasteiger partial charge in [-0.1, -0.05) is 5.16 Å². The fourth-order valence-electron chi connectivity index (χ4n) is 5.60. The van der Waals surface area contributed by atoms with Gasteiger partial charge in [-0.3, -0.25) is 4.79 Å². The van der Waals surface area contributed by atoms with Gasteiger partial charge in [0.1, 0.15) is 5.84 Å². The SMILES string of the molecule is NC(=NOCC(=O)NC12CC3CC(CC(C3)C1)C2)C1CCOC1. The summed E-state index contributed by atoms with van der Waals surface area (Å²) in [7, 11) is 0. The number of carbonyl (C=O) groups excluding carboxylic acids is 1. The standard InChI is InChI=1S/C17H27N3O3/c18-16(14-1-2-22-9-14)20-23-10-15(21)19-17-6-11-3-12(7-17)5-13(4-11)8-17/h11-14H,1-10H2,(H2,18,20)(H,19,21). The van der Waals surface area contributed by atoms with Gasteiger partial charge in [-0.15, -0.1) is 0 Å². The van der Waals surface area contributed by atoms with Crippen LogP contribution in [0, 0.1) is 23.7 Å².